The molecule has 1 fully saturated rings. The summed E-state index contributed by atoms with van der Waals surface area (Å²) in [5.74, 6) is -0.766. The molecule has 1 aliphatic carbocycles. The van der Waals surface area contributed by atoms with E-state index < -0.39 is 11.6 Å². The van der Waals surface area contributed by atoms with Gasteiger partial charge in [-0.05, 0) is 103 Å². The van der Waals surface area contributed by atoms with Crippen molar-refractivity contribution in [3.8, 4) is 0 Å². The molecule has 2 aliphatic rings. The fraction of sp³-hybridized carbons (Fsp3) is 0.514. The fourth-order valence-corrected chi connectivity index (χ4v) is 4.89. The Bertz CT molecular complexity index is 1080. The SMILES string of the molecule is C=O.C=O.CC.CC1=C(C(=N)C2CCN(c3c(F)cccc3F)CC2)CCCC1.CCCc1ccc(C)cc1.CN(C)C.O=CO. The molecule has 7 nitrogen and oxygen atoms in total. The lowest BCUT2D eigenvalue weighted by atomic mass is 9.81. The van der Waals surface area contributed by atoms with E-state index in [0.717, 1.165) is 31.4 Å². The van der Waals surface area contributed by atoms with E-state index in [-0.39, 0.29) is 18.1 Å². The van der Waals surface area contributed by atoms with E-state index in [2.05, 4.69) is 45.0 Å². The van der Waals surface area contributed by atoms with E-state index in [0.29, 0.717) is 13.1 Å². The number of hydrogen-bond donors (Lipinski definition) is 2. The van der Waals surface area contributed by atoms with Gasteiger partial charge in [0.15, 0.2) is 0 Å². The number of benzene rings is 2. The Labute approximate surface area is 277 Å². The Balaban J connectivity index is -0.000000667. The molecule has 46 heavy (non-hydrogen) atoms. The van der Waals surface area contributed by atoms with Crippen LogP contribution in [0.3, 0.4) is 0 Å². The fourth-order valence-electron chi connectivity index (χ4n) is 4.89. The van der Waals surface area contributed by atoms with Crippen LogP contribution < -0.4 is 4.90 Å². The smallest absolute Gasteiger partial charge is 0.290 e. The van der Waals surface area contributed by atoms with Crippen molar-refractivity contribution in [3.05, 3.63) is 76.4 Å². The van der Waals surface area contributed by atoms with Crippen molar-refractivity contribution in [2.75, 3.05) is 39.1 Å². The van der Waals surface area contributed by atoms with Gasteiger partial charge in [0.1, 0.15) is 30.9 Å². The first kappa shape index (κ1) is 46.7. The lowest BCUT2D eigenvalue weighted by molar-refractivity contribution is -0.122. The Morgan fingerprint density at radius 1 is 0.935 bits per heavy atom. The molecule has 0 atom stereocenters. The number of hydrogen-bond acceptors (Lipinski definition) is 6. The Kier molecular flexibility index (Phi) is 30.4. The Morgan fingerprint density at radius 2 is 1.37 bits per heavy atom. The molecule has 1 saturated heterocycles. The van der Waals surface area contributed by atoms with E-state index in [1.54, 1.807) is 4.90 Å². The second-order valence-corrected chi connectivity index (χ2v) is 10.9. The highest BCUT2D eigenvalue weighted by Gasteiger charge is 2.28. The summed E-state index contributed by atoms with van der Waals surface area (Å²) in [6.45, 7) is 15.4. The quantitative estimate of drug-likeness (QED) is 0.249. The van der Waals surface area contributed by atoms with Crippen LogP contribution in [-0.4, -0.2) is 70.0 Å². The van der Waals surface area contributed by atoms with Crippen LogP contribution in [0.15, 0.2) is 53.6 Å². The molecule has 4 rings (SSSR count). The summed E-state index contributed by atoms with van der Waals surface area (Å²) in [6, 6.07) is 12.8. The molecule has 0 unspecified atom stereocenters. The third-order valence-corrected chi connectivity index (χ3v) is 6.89. The van der Waals surface area contributed by atoms with Gasteiger partial charge in [0, 0.05) is 24.7 Å². The first-order valence-corrected chi connectivity index (χ1v) is 15.8. The zero-order valence-corrected chi connectivity index (χ0v) is 29.5. The predicted octanol–water partition coefficient (Wildman–Crippen LogP) is 8.57. The highest BCUT2D eigenvalue weighted by molar-refractivity contribution is 6.00. The Hall–Kier alpha value is -3.72. The van der Waals surface area contributed by atoms with Crippen LogP contribution in [0.25, 0.3) is 0 Å². The number of carboxylic acid groups (broad SMARTS) is 1. The maximum absolute atomic E-state index is 13.9. The molecule has 0 amide bonds. The number of para-hydroxylation sites is 1. The zero-order chi connectivity index (χ0) is 36.1. The topological polar surface area (TPSA) is 102 Å². The molecule has 260 valence electrons. The summed E-state index contributed by atoms with van der Waals surface area (Å²) >= 11 is 0. The van der Waals surface area contributed by atoms with Crippen LogP contribution in [0.1, 0.15) is 83.8 Å². The zero-order valence-electron chi connectivity index (χ0n) is 29.5. The molecule has 0 radical (unpaired) electrons. The predicted molar refractivity (Wildman–Crippen MR) is 189 cm³/mol. The number of allylic oxidation sites excluding steroid dienone is 2. The first-order valence-electron chi connectivity index (χ1n) is 15.8. The van der Waals surface area contributed by atoms with E-state index in [1.165, 1.54) is 66.2 Å². The molecule has 2 N–H and O–H groups in total. The molecule has 0 saturated carbocycles. The summed E-state index contributed by atoms with van der Waals surface area (Å²) in [5.41, 5.74) is 6.27. The molecule has 1 aliphatic heterocycles. The maximum atomic E-state index is 13.9. The minimum absolute atomic E-state index is 0.0885. The van der Waals surface area contributed by atoms with Crippen molar-refractivity contribution in [1.82, 2.24) is 4.90 Å². The summed E-state index contributed by atoms with van der Waals surface area (Å²) < 4.78 is 27.8. The third kappa shape index (κ3) is 19.6. The number of nitrogens with one attached hydrogen (secondary N) is 1. The molecular weight excluding hydrogens is 588 g/mol. The maximum Gasteiger partial charge on any atom is 0.290 e. The van der Waals surface area contributed by atoms with Crippen LogP contribution in [0.4, 0.5) is 14.5 Å². The third-order valence-electron chi connectivity index (χ3n) is 6.89. The minimum Gasteiger partial charge on any atom is -0.483 e. The van der Waals surface area contributed by atoms with E-state index >= 15 is 0 Å². The molecule has 0 bridgehead atoms. The van der Waals surface area contributed by atoms with Gasteiger partial charge in [-0.3, -0.25) is 4.79 Å². The van der Waals surface area contributed by atoms with Crippen LogP contribution in [0.2, 0.25) is 0 Å². The van der Waals surface area contributed by atoms with Crippen molar-refractivity contribution >= 4 is 31.4 Å². The second kappa shape index (κ2) is 30.0. The summed E-state index contributed by atoms with van der Waals surface area (Å²) in [7, 11) is 6.00. The van der Waals surface area contributed by atoms with Gasteiger partial charge >= 0.3 is 0 Å². The van der Waals surface area contributed by atoms with E-state index in [4.69, 9.17) is 24.9 Å². The lowest BCUT2D eigenvalue weighted by Crippen LogP contribution is -2.37. The average Bonchev–Trinajstić information content (AvgIpc) is 3.06. The van der Waals surface area contributed by atoms with Gasteiger partial charge in [0.25, 0.3) is 6.47 Å². The van der Waals surface area contributed by atoms with Crippen molar-refractivity contribution in [1.29, 1.82) is 5.41 Å². The lowest BCUT2D eigenvalue weighted by Gasteiger charge is -2.35. The average molecular weight is 648 g/mol. The molecule has 2 aromatic rings. The van der Waals surface area contributed by atoms with Crippen LogP contribution in [0.5, 0.6) is 0 Å². The molecule has 0 aromatic heterocycles. The normalized spacial score (nSPS) is 13.5. The first-order chi connectivity index (χ1) is 22.0. The molecule has 1 heterocycles. The number of nitrogens with zero attached hydrogens (tertiary/aromatic N) is 2. The molecule has 0 spiro atoms. The van der Waals surface area contributed by atoms with Crippen molar-refractivity contribution in [3.63, 3.8) is 0 Å². The van der Waals surface area contributed by atoms with Gasteiger partial charge < -0.3 is 29.9 Å². The number of anilines is 1. The second-order valence-electron chi connectivity index (χ2n) is 10.9. The summed E-state index contributed by atoms with van der Waals surface area (Å²) in [6.07, 6.45) is 8.57. The van der Waals surface area contributed by atoms with Crippen molar-refractivity contribution in [2.45, 2.75) is 86.0 Å². The van der Waals surface area contributed by atoms with E-state index in [9.17, 15) is 8.78 Å². The van der Waals surface area contributed by atoms with Crippen LogP contribution in [-0.2, 0) is 20.8 Å². The van der Waals surface area contributed by atoms with Crippen LogP contribution >= 0.6 is 0 Å². The number of carbonyl (C=O) groups excluding carboxylic acids is 2. The van der Waals surface area contributed by atoms with Gasteiger partial charge in [-0.15, -0.1) is 0 Å². The standard InChI is InChI=1S/C19H24F2N2.C10H14.C3H9N.C2H6.CH2O2.2CH2O/c1-13-5-2-3-6-15(13)18(22)14-9-11-23(12-10-14)19-16(20)7-4-8-17(19)21;1-3-4-10-7-5-9(2)6-8-10;1-4(2)3;1-2;2-1-3;2*1-2/h4,7-8,14,22H,2-3,5-6,9-12H2,1H3;5-8H,3-4H2,1-2H3;1-3H3;1-2H3;1H,(H,2,3);2*1H2. The van der Waals surface area contributed by atoms with Gasteiger partial charge in [-0.25, -0.2) is 8.78 Å². The van der Waals surface area contributed by atoms with E-state index in [1.807, 2.05) is 53.5 Å². The van der Waals surface area contributed by atoms with Gasteiger partial charge in [0.2, 0.25) is 0 Å². The van der Waals surface area contributed by atoms with Crippen LogP contribution in [0, 0.1) is 29.9 Å². The number of carbonyl (C=O) groups is 3. The molecular formula is C37H59F2N3O4. The largest absolute Gasteiger partial charge is 0.483 e. The highest BCUT2D eigenvalue weighted by atomic mass is 19.1. The van der Waals surface area contributed by atoms with Gasteiger partial charge in [-0.2, -0.15) is 0 Å². The number of piperidine rings is 1. The minimum atomic E-state index is -0.496. The summed E-state index contributed by atoms with van der Waals surface area (Å²) in [4.78, 5) is 28.1. The van der Waals surface area contributed by atoms with Gasteiger partial charge in [0.05, 0.1) is 0 Å². The monoisotopic (exact) mass is 647 g/mol. The number of halogens is 2. The highest BCUT2D eigenvalue weighted by Crippen LogP contribution is 2.33. The molecule has 9 heteroatoms. The van der Waals surface area contributed by atoms with Crippen molar-refractivity contribution in [2.24, 2.45) is 5.92 Å². The number of aryl methyl sites for hydroxylation is 2. The number of rotatable bonds is 5. The Morgan fingerprint density at radius 3 is 1.78 bits per heavy atom. The van der Waals surface area contributed by atoms with Crippen molar-refractivity contribution < 1.29 is 28.3 Å². The molecule has 2 aromatic carbocycles. The summed E-state index contributed by atoms with van der Waals surface area (Å²) in [5, 5.41) is 15.4. The van der Waals surface area contributed by atoms with Gasteiger partial charge in [-0.1, -0.05) is 68.7 Å².